The van der Waals surface area contributed by atoms with Crippen LogP contribution >= 0.6 is 11.6 Å². The topological polar surface area (TPSA) is 93.2 Å². The molecule has 0 saturated carbocycles. The Morgan fingerprint density at radius 3 is 2.47 bits per heavy atom. The average molecular weight is 419 g/mol. The third kappa shape index (κ3) is 4.09. The summed E-state index contributed by atoms with van der Waals surface area (Å²) in [6.45, 7) is 0.546. The molecule has 5 nitrogen and oxygen atoms in total. The summed E-state index contributed by atoms with van der Waals surface area (Å²) in [5.41, 5.74) is 17.4. The highest BCUT2D eigenvalue weighted by atomic mass is 35.5. The van der Waals surface area contributed by atoms with Crippen molar-refractivity contribution >= 4 is 40.2 Å². The summed E-state index contributed by atoms with van der Waals surface area (Å²) < 4.78 is 0. The van der Waals surface area contributed by atoms with Gasteiger partial charge in [0.1, 0.15) is 0 Å². The fourth-order valence-corrected chi connectivity index (χ4v) is 3.75. The van der Waals surface area contributed by atoms with Crippen LogP contribution < -0.4 is 22.1 Å². The van der Waals surface area contributed by atoms with Crippen LogP contribution in [0.1, 0.15) is 29.2 Å². The SMILES string of the molecule is NCCC(N)c1ccc(NC(=C2C(=O)Nc3cc(Cl)ccc32)c2ccccc2)cc1. The molecule has 3 aromatic rings. The predicted octanol–water partition coefficient (Wildman–Crippen LogP) is 4.62. The van der Waals surface area contributed by atoms with Gasteiger partial charge in [-0.25, -0.2) is 0 Å². The maximum atomic E-state index is 12.9. The maximum Gasteiger partial charge on any atom is 0.258 e. The third-order valence-corrected chi connectivity index (χ3v) is 5.36. The lowest BCUT2D eigenvalue weighted by molar-refractivity contribution is -0.110. The van der Waals surface area contributed by atoms with Crippen LogP contribution in [0.4, 0.5) is 11.4 Å². The molecule has 1 aliphatic rings. The molecule has 6 heteroatoms. The Kier molecular flexibility index (Phi) is 5.86. The highest BCUT2D eigenvalue weighted by Gasteiger charge is 2.28. The number of nitrogens with one attached hydrogen (secondary N) is 2. The van der Waals surface area contributed by atoms with E-state index in [9.17, 15) is 4.79 Å². The maximum absolute atomic E-state index is 12.9. The second kappa shape index (κ2) is 8.71. The van der Waals surface area contributed by atoms with Crippen molar-refractivity contribution in [2.24, 2.45) is 11.5 Å². The molecule has 1 heterocycles. The van der Waals surface area contributed by atoms with E-state index in [2.05, 4.69) is 10.6 Å². The van der Waals surface area contributed by atoms with Gasteiger partial charge in [0.25, 0.3) is 5.91 Å². The Balaban J connectivity index is 1.76. The van der Waals surface area contributed by atoms with Gasteiger partial charge in [-0.15, -0.1) is 0 Å². The minimum Gasteiger partial charge on any atom is -0.354 e. The number of halogens is 1. The molecule has 1 amide bonds. The van der Waals surface area contributed by atoms with E-state index in [-0.39, 0.29) is 11.9 Å². The Hall–Kier alpha value is -3.12. The molecule has 1 aliphatic heterocycles. The summed E-state index contributed by atoms with van der Waals surface area (Å²) in [5.74, 6) is -0.166. The average Bonchev–Trinajstić information content (AvgIpc) is 3.08. The summed E-state index contributed by atoms with van der Waals surface area (Å²) in [6, 6.07) is 23.0. The van der Waals surface area contributed by atoms with Crippen molar-refractivity contribution in [1.82, 2.24) is 0 Å². The third-order valence-electron chi connectivity index (χ3n) is 5.12. The fraction of sp³-hybridized carbons (Fsp3) is 0.125. The number of hydrogen-bond acceptors (Lipinski definition) is 4. The van der Waals surface area contributed by atoms with E-state index < -0.39 is 0 Å². The van der Waals surface area contributed by atoms with Crippen LogP contribution in [0.2, 0.25) is 5.02 Å². The van der Waals surface area contributed by atoms with E-state index in [0.717, 1.165) is 34.5 Å². The summed E-state index contributed by atoms with van der Waals surface area (Å²) in [7, 11) is 0. The second-order valence-electron chi connectivity index (χ2n) is 7.19. The van der Waals surface area contributed by atoms with Gasteiger partial charge in [-0.2, -0.15) is 0 Å². The van der Waals surface area contributed by atoms with Crippen molar-refractivity contribution < 1.29 is 4.79 Å². The van der Waals surface area contributed by atoms with E-state index in [0.29, 0.717) is 22.8 Å². The lowest BCUT2D eigenvalue weighted by Crippen LogP contribution is -2.15. The predicted molar refractivity (Wildman–Crippen MR) is 124 cm³/mol. The van der Waals surface area contributed by atoms with Gasteiger partial charge in [-0.05, 0) is 48.4 Å². The van der Waals surface area contributed by atoms with E-state index in [1.54, 1.807) is 12.1 Å². The van der Waals surface area contributed by atoms with Crippen LogP contribution in [0, 0.1) is 0 Å². The van der Waals surface area contributed by atoms with Gasteiger partial charge < -0.3 is 22.1 Å². The number of nitrogens with two attached hydrogens (primary N) is 2. The number of carbonyl (C=O) groups is 1. The first kappa shape index (κ1) is 20.2. The van der Waals surface area contributed by atoms with Crippen molar-refractivity contribution in [2.75, 3.05) is 17.2 Å². The molecule has 152 valence electrons. The zero-order valence-electron chi connectivity index (χ0n) is 16.4. The molecule has 6 N–H and O–H groups in total. The van der Waals surface area contributed by atoms with Gasteiger partial charge in [-0.3, -0.25) is 4.79 Å². The number of carbonyl (C=O) groups excluding carboxylic acids is 1. The highest BCUT2D eigenvalue weighted by molar-refractivity contribution is 6.38. The smallest absolute Gasteiger partial charge is 0.258 e. The zero-order chi connectivity index (χ0) is 21.1. The van der Waals surface area contributed by atoms with Crippen LogP contribution in [0.15, 0.2) is 72.8 Å². The van der Waals surface area contributed by atoms with Crippen LogP contribution in [0.3, 0.4) is 0 Å². The Bertz CT molecular complexity index is 1090. The number of anilines is 2. The van der Waals surface area contributed by atoms with Gasteiger partial charge in [-0.1, -0.05) is 60.1 Å². The molecule has 0 aromatic heterocycles. The minimum absolute atomic E-state index is 0.0896. The molecular formula is C24H23ClN4O. The van der Waals surface area contributed by atoms with Crippen LogP contribution in [-0.4, -0.2) is 12.5 Å². The molecule has 0 bridgehead atoms. The van der Waals surface area contributed by atoms with E-state index in [1.807, 2.05) is 60.7 Å². The first-order valence-electron chi connectivity index (χ1n) is 9.80. The first-order valence-corrected chi connectivity index (χ1v) is 10.2. The van der Waals surface area contributed by atoms with Crippen LogP contribution in [-0.2, 0) is 4.79 Å². The van der Waals surface area contributed by atoms with Crippen molar-refractivity contribution in [2.45, 2.75) is 12.5 Å². The fourth-order valence-electron chi connectivity index (χ4n) is 3.58. The van der Waals surface area contributed by atoms with Gasteiger partial charge in [0.05, 0.1) is 17.0 Å². The van der Waals surface area contributed by atoms with E-state index in [4.69, 9.17) is 23.1 Å². The van der Waals surface area contributed by atoms with Gasteiger partial charge in [0.15, 0.2) is 0 Å². The summed E-state index contributed by atoms with van der Waals surface area (Å²) >= 11 is 6.11. The summed E-state index contributed by atoms with van der Waals surface area (Å²) in [4.78, 5) is 12.9. The van der Waals surface area contributed by atoms with Crippen molar-refractivity contribution in [3.05, 3.63) is 94.5 Å². The van der Waals surface area contributed by atoms with E-state index >= 15 is 0 Å². The monoisotopic (exact) mass is 418 g/mol. The Morgan fingerprint density at radius 1 is 1.03 bits per heavy atom. The quantitative estimate of drug-likeness (QED) is 0.439. The van der Waals surface area contributed by atoms with Gasteiger partial charge in [0, 0.05) is 22.3 Å². The molecular weight excluding hydrogens is 396 g/mol. The van der Waals surface area contributed by atoms with Crippen molar-refractivity contribution in [3.63, 3.8) is 0 Å². The lowest BCUT2D eigenvalue weighted by Gasteiger charge is -2.16. The molecule has 30 heavy (non-hydrogen) atoms. The highest BCUT2D eigenvalue weighted by Crippen LogP contribution is 2.38. The number of benzene rings is 3. The molecule has 0 aliphatic carbocycles. The second-order valence-corrected chi connectivity index (χ2v) is 7.63. The summed E-state index contributed by atoms with van der Waals surface area (Å²) in [5, 5.41) is 6.93. The van der Waals surface area contributed by atoms with E-state index in [1.165, 1.54) is 0 Å². The minimum atomic E-state index is -0.166. The number of fused-ring (bicyclic) bond motifs is 1. The number of rotatable bonds is 6. The Morgan fingerprint density at radius 2 is 1.77 bits per heavy atom. The molecule has 0 saturated heterocycles. The van der Waals surface area contributed by atoms with Crippen molar-refractivity contribution in [3.8, 4) is 0 Å². The van der Waals surface area contributed by atoms with Crippen LogP contribution in [0.5, 0.6) is 0 Å². The van der Waals surface area contributed by atoms with Gasteiger partial charge in [0.2, 0.25) is 0 Å². The lowest BCUT2D eigenvalue weighted by atomic mass is 9.99. The summed E-state index contributed by atoms with van der Waals surface area (Å²) in [6.07, 6.45) is 0.728. The molecule has 4 rings (SSSR count). The van der Waals surface area contributed by atoms with Crippen LogP contribution in [0.25, 0.3) is 11.3 Å². The molecule has 0 radical (unpaired) electrons. The first-order chi connectivity index (χ1) is 14.6. The largest absolute Gasteiger partial charge is 0.354 e. The molecule has 1 unspecified atom stereocenters. The zero-order valence-corrected chi connectivity index (χ0v) is 17.1. The molecule has 1 atom stereocenters. The Labute approximate surface area is 180 Å². The number of hydrogen-bond donors (Lipinski definition) is 4. The molecule has 0 fully saturated rings. The standard InChI is InChI=1S/C24H23ClN4O/c25-17-8-11-19-21(14-17)29-24(30)22(19)23(16-4-2-1-3-5-16)28-18-9-6-15(7-10-18)20(27)12-13-26/h1-11,14,20,28H,12-13,26-27H2,(H,29,30). The number of amides is 1. The van der Waals surface area contributed by atoms with Gasteiger partial charge >= 0.3 is 0 Å². The van der Waals surface area contributed by atoms with Crippen molar-refractivity contribution in [1.29, 1.82) is 0 Å². The molecule has 3 aromatic carbocycles. The normalized spacial score (nSPS) is 15.4. The molecule has 0 spiro atoms.